The van der Waals surface area contributed by atoms with Gasteiger partial charge in [0, 0.05) is 25.6 Å². The SMILES string of the molecule is C#CCCN1CCOC2CCCC21. The Labute approximate surface area is 80.2 Å². The van der Waals surface area contributed by atoms with Crippen LogP contribution >= 0.6 is 0 Å². The first-order chi connectivity index (χ1) is 6.42. The molecule has 1 aliphatic heterocycles. The van der Waals surface area contributed by atoms with E-state index in [1.807, 2.05) is 0 Å². The zero-order chi connectivity index (χ0) is 9.10. The van der Waals surface area contributed by atoms with Crippen molar-refractivity contribution in [2.24, 2.45) is 0 Å². The molecule has 2 rings (SSSR count). The molecule has 0 N–H and O–H groups in total. The summed E-state index contributed by atoms with van der Waals surface area (Å²) in [6.07, 6.45) is 10.5. The third-order valence-electron chi connectivity index (χ3n) is 3.14. The molecule has 1 saturated heterocycles. The van der Waals surface area contributed by atoms with Crippen LogP contribution in [-0.4, -0.2) is 36.7 Å². The topological polar surface area (TPSA) is 12.5 Å². The van der Waals surface area contributed by atoms with Crippen LogP contribution in [0, 0.1) is 12.3 Å². The number of hydrogen-bond acceptors (Lipinski definition) is 2. The number of fused-ring (bicyclic) bond motifs is 1. The van der Waals surface area contributed by atoms with Crippen molar-refractivity contribution in [2.45, 2.75) is 37.8 Å². The molecule has 72 valence electrons. The van der Waals surface area contributed by atoms with E-state index in [0.717, 1.165) is 26.1 Å². The van der Waals surface area contributed by atoms with Gasteiger partial charge in [-0.05, 0) is 19.3 Å². The summed E-state index contributed by atoms with van der Waals surface area (Å²) < 4.78 is 5.72. The molecule has 1 aliphatic carbocycles. The van der Waals surface area contributed by atoms with Crippen LogP contribution in [0.2, 0.25) is 0 Å². The Kier molecular flexibility index (Phi) is 2.87. The van der Waals surface area contributed by atoms with Crippen molar-refractivity contribution in [3.8, 4) is 12.3 Å². The molecule has 2 fully saturated rings. The van der Waals surface area contributed by atoms with Crippen LogP contribution in [0.3, 0.4) is 0 Å². The van der Waals surface area contributed by atoms with Crippen molar-refractivity contribution in [1.82, 2.24) is 4.90 Å². The summed E-state index contributed by atoms with van der Waals surface area (Å²) in [6.45, 7) is 3.02. The molecule has 2 nitrogen and oxygen atoms in total. The molecule has 1 heterocycles. The fraction of sp³-hybridized carbons (Fsp3) is 0.818. The number of rotatable bonds is 2. The Bertz CT molecular complexity index is 209. The highest BCUT2D eigenvalue weighted by Gasteiger charge is 2.35. The third-order valence-corrected chi connectivity index (χ3v) is 3.14. The van der Waals surface area contributed by atoms with E-state index in [0.29, 0.717) is 12.1 Å². The largest absolute Gasteiger partial charge is 0.375 e. The fourth-order valence-corrected chi connectivity index (χ4v) is 2.49. The molecule has 13 heavy (non-hydrogen) atoms. The number of ether oxygens (including phenoxy) is 1. The van der Waals surface area contributed by atoms with E-state index in [-0.39, 0.29) is 0 Å². The predicted octanol–water partition coefficient (Wildman–Crippen LogP) is 1.26. The molecule has 0 aromatic heterocycles. The van der Waals surface area contributed by atoms with Crippen molar-refractivity contribution in [3.05, 3.63) is 0 Å². The Balaban J connectivity index is 1.90. The quantitative estimate of drug-likeness (QED) is 0.592. The first kappa shape index (κ1) is 9.05. The van der Waals surface area contributed by atoms with Crippen LogP contribution in [-0.2, 0) is 4.74 Å². The van der Waals surface area contributed by atoms with Crippen LogP contribution in [0.4, 0.5) is 0 Å². The summed E-state index contributed by atoms with van der Waals surface area (Å²) in [5.41, 5.74) is 0. The van der Waals surface area contributed by atoms with Crippen LogP contribution in [0.5, 0.6) is 0 Å². The minimum Gasteiger partial charge on any atom is -0.375 e. The molecule has 2 atom stereocenters. The highest BCUT2D eigenvalue weighted by atomic mass is 16.5. The second-order valence-electron chi connectivity index (χ2n) is 3.90. The number of hydrogen-bond donors (Lipinski definition) is 0. The number of terminal acetylenes is 1. The Morgan fingerprint density at radius 1 is 1.46 bits per heavy atom. The van der Waals surface area contributed by atoms with E-state index in [1.54, 1.807) is 0 Å². The average molecular weight is 179 g/mol. The van der Waals surface area contributed by atoms with Crippen molar-refractivity contribution < 1.29 is 4.74 Å². The lowest BCUT2D eigenvalue weighted by atomic mass is 10.1. The van der Waals surface area contributed by atoms with E-state index in [1.165, 1.54) is 19.3 Å². The number of nitrogens with zero attached hydrogens (tertiary/aromatic N) is 1. The second-order valence-corrected chi connectivity index (χ2v) is 3.90. The zero-order valence-electron chi connectivity index (χ0n) is 8.04. The number of morpholine rings is 1. The summed E-state index contributed by atoms with van der Waals surface area (Å²) in [5, 5.41) is 0. The van der Waals surface area contributed by atoms with Crippen LogP contribution < -0.4 is 0 Å². The highest BCUT2D eigenvalue weighted by molar-refractivity contribution is 4.92. The third kappa shape index (κ3) is 1.87. The molecule has 0 aromatic carbocycles. The fourth-order valence-electron chi connectivity index (χ4n) is 2.49. The van der Waals surface area contributed by atoms with E-state index in [9.17, 15) is 0 Å². The first-order valence-corrected chi connectivity index (χ1v) is 5.21. The maximum Gasteiger partial charge on any atom is 0.0730 e. The van der Waals surface area contributed by atoms with E-state index in [2.05, 4.69) is 10.8 Å². The van der Waals surface area contributed by atoms with Crippen LogP contribution in [0.15, 0.2) is 0 Å². The maximum absolute atomic E-state index is 5.72. The Morgan fingerprint density at radius 3 is 3.23 bits per heavy atom. The van der Waals surface area contributed by atoms with Gasteiger partial charge in [0.1, 0.15) is 0 Å². The van der Waals surface area contributed by atoms with Gasteiger partial charge in [-0.15, -0.1) is 12.3 Å². The van der Waals surface area contributed by atoms with Crippen molar-refractivity contribution in [2.75, 3.05) is 19.7 Å². The van der Waals surface area contributed by atoms with Crippen molar-refractivity contribution >= 4 is 0 Å². The van der Waals surface area contributed by atoms with Gasteiger partial charge >= 0.3 is 0 Å². The minimum absolute atomic E-state index is 0.506. The van der Waals surface area contributed by atoms with Gasteiger partial charge in [-0.1, -0.05) is 0 Å². The zero-order valence-corrected chi connectivity index (χ0v) is 8.04. The molecule has 0 amide bonds. The van der Waals surface area contributed by atoms with E-state index >= 15 is 0 Å². The Hall–Kier alpha value is -0.520. The second kappa shape index (κ2) is 4.13. The van der Waals surface area contributed by atoms with Gasteiger partial charge in [-0.3, -0.25) is 4.90 Å². The summed E-state index contributed by atoms with van der Waals surface area (Å²) in [6, 6.07) is 0.669. The van der Waals surface area contributed by atoms with Gasteiger partial charge in [0.2, 0.25) is 0 Å². The average Bonchev–Trinajstić information content (AvgIpc) is 2.62. The van der Waals surface area contributed by atoms with Gasteiger partial charge in [-0.2, -0.15) is 0 Å². The van der Waals surface area contributed by atoms with Gasteiger partial charge in [0.15, 0.2) is 0 Å². The minimum atomic E-state index is 0.506. The molecule has 0 bridgehead atoms. The van der Waals surface area contributed by atoms with Crippen molar-refractivity contribution in [3.63, 3.8) is 0 Å². The van der Waals surface area contributed by atoms with Gasteiger partial charge in [-0.25, -0.2) is 0 Å². The maximum atomic E-state index is 5.72. The van der Waals surface area contributed by atoms with Crippen molar-refractivity contribution in [1.29, 1.82) is 0 Å². The van der Waals surface area contributed by atoms with E-state index < -0.39 is 0 Å². The van der Waals surface area contributed by atoms with Gasteiger partial charge in [0.05, 0.1) is 12.7 Å². The summed E-state index contributed by atoms with van der Waals surface area (Å²) in [7, 11) is 0. The predicted molar refractivity (Wildman–Crippen MR) is 52.4 cm³/mol. The molecule has 1 saturated carbocycles. The molecule has 2 unspecified atom stereocenters. The summed E-state index contributed by atoms with van der Waals surface area (Å²) in [5.74, 6) is 2.71. The molecule has 0 spiro atoms. The molecular formula is C11H17NO. The van der Waals surface area contributed by atoms with Crippen LogP contribution in [0.1, 0.15) is 25.7 Å². The lowest BCUT2D eigenvalue weighted by Crippen LogP contribution is -2.48. The molecule has 2 heteroatoms. The molecular weight excluding hydrogens is 162 g/mol. The van der Waals surface area contributed by atoms with Gasteiger partial charge < -0.3 is 4.74 Å². The molecule has 0 aromatic rings. The lowest BCUT2D eigenvalue weighted by Gasteiger charge is -2.37. The normalized spacial score (nSPS) is 34.1. The monoisotopic (exact) mass is 179 g/mol. The van der Waals surface area contributed by atoms with Gasteiger partial charge in [0.25, 0.3) is 0 Å². The molecule has 2 aliphatic rings. The Morgan fingerprint density at radius 2 is 2.38 bits per heavy atom. The summed E-state index contributed by atoms with van der Waals surface area (Å²) >= 11 is 0. The standard InChI is InChI=1S/C11H17NO/c1-2-3-7-12-8-9-13-11-6-4-5-10(11)12/h1,10-11H,3-9H2. The lowest BCUT2D eigenvalue weighted by molar-refractivity contribution is -0.0546. The summed E-state index contributed by atoms with van der Waals surface area (Å²) in [4.78, 5) is 2.51. The van der Waals surface area contributed by atoms with E-state index in [4.69, 9.17) is 11.2 Å². The van der Waals surface area contributed by atoms with Crippen LogP contribution in [0.25, 0.3) is 0 Å². The smallest absolute Gasteiger partial charge is 0.0730 e. The first-order valence-electron chi connectivity index (χ1n) is 5.21. The molecule has 0 radical (unpaired) electrons. The highest BCUT2D eigenvalue weighted by Crippen LogP contribution is 2.29.